The van der Waals surface area contributed by atoms with Crippen molar-refractivity contribution < 1.29 is 63.4 Å². The summed E-state index contributed by atoms with van der Waals surface area (Å²) >= 11 is 5.41. The third kappa shape index (κ3) is 3.54. The summed E-state index contributed by atoms with van der Waals surface area (Å²) in [5.41, 5.74) is 0. The summed E-state index contributed by atoms with van der Waals surface area (Å²) in [6.07, 6.45) is 0. The van der Waals surface area contributed by atoms with E-state index in [1.807, 2.05) is 11.3 Å². The first-order valence-electron chi connectivity index (χ1n) is 5.49. The predicted octanol–water partition coefficient (Wildman–Crippen LogP) is -3.30. The predicted molar refractivity (Wildman–Crippen MR) is 80.1 cm³/mol. The number of thiophene rings is 1. The van der Waals surface area contributed by atoms with E-state index in [4.69, 9.17) is 0 Å². The van der Waals surface area contributed by atoms with Crippen LogP contribution < -0.4 is 37.2 Å². The van der Waals surface area contributed by atoms with E-state index in [2.05, 4.69) is 64.5 Å². The molecule has 0 aliphatic carbocycles. The molecule has 0 amide bonds. The van der Waals surface area contributed by atoms with Crippen LogP contribution in [0.15, 0.2) is 53.0 Å². The van der Waals surface area contributed by atoms with Crippen molar-refractivity contribution in [3.8, 4) is 0 Å². The fourth-order valence-corrected chi connectivity index (χ4v) is 4.02. The Hall–Kier alpha value is 0.503. The van der Waals surface area contributed by atoms with Gasteiger partial charge in [-0.15, -0.1) is 29.7 Å². The fraction of sp³-hybridized carbons (Fsp3) is 0. The first-order chi connectivity index (χ1) is 8.33. The maximum absolute atomic E-state index is 3.53. The number of halogens is 4. The Bertz CT molecular complexity index is 869. The van der Waals surface area contributed by atoms with Gasteiger partial charge in [0.25, 0.3) is 0 Å². The van der Waals surface area contributed by atoms with E-state index in [1.54, 1.807) is 0 Å². The van der Waals surface area contributed by atoms with Gasteiger partial charge in [-0.1, -0.05) is 37.5 Å². The summed E-state index contributed by atoms with van der Waals surface area (Å²) in [4.78, 5) is 0. The van der Waals surface area contributed by atoms with Gasteiger partial charge in [0, 0.05) is 4.47 Å². The Labute approximate surface area is 173 Å². The van der Waals surface area contributed by atoms with Crippen LogP contribution in [0, 0.1) is 0 Å². The quantitative estimate of drug-likeness (QED) is 0.223. The zero-order chi connectivity index (χ0) is 11.4. The van der Waals surface area contributed by atoms with E-state index < -0.39 is 0 Å². The molecule has 21 heavy (non-hydrogen) atoms. The summed E-state index contributed by atoms with van der Waals surface area (Å²) in [5, 5.41) is 5.48. The standard InChI is InChI=1S/C15H8BrS.3ClH.Zr/c16-10-5-6-11-9(7-10)8-14-15(11)12-3-1-2-4-13(12)17-14;;;;/h1-8H;3*1H;/q-1;;;;+4/p-3. The largest absolute Gasteiger partial charge is 4.00 e. The topological polar surface area (TPSA) is 0 Å². The minimum Gasteiger partial charge on any atom is -1.00 e. The van der Waals surface area contributed by atoms with Gasteiger partial charge in [-0.05, 0) is 28.3 Å². The van der Waals surface area contributed by atoms with Crippen molar-refractivity contribution in [2.75, 3.05) is 0 Å². The number of hydrogen-bond donors (Lipinski definition) is 0. The number of benzene rings is 2. The minimum atomic E-state index is 0. The van der Waals surface area contributed by atoms with Crippen molar-refractivity contribution >= 4 is 58.2 Å². The molecule has 0 saturated carbocycles. The van der Waals surface area contributed by atoms with Crippen molar-refractivity contribution in [1.82, 2.24) is 0 Å². The van der Waals surface area contributed by atoms with Gasteiger partial charge < -0.3 is 37.2 Å². The van der Waals surface area contributed by atoms with Crippen molar-refractivity contribution in [1.29, 1.82) is 0 Å². The molecule has 3 aromatic carbocycles. The summed E-state index contributed by atoms with van der Waals surface area (Å²) in [6, 6.07) is 17.5. The second-order valence-corrected chi connectivity index (χ2v) is 6.21. The molecule has 0 atom stereocenters. The maximum atomic E-state index is 3.53. The van der Waals surface area contributed by atoms with Gasteiger partial charge in [0.05, 0.1) is 0 Å². The summed E-state index contributed by atoms with van der Waals surface area (Å²) in [6.45, 7) is 0. The van der Waals surface area contributed by atoms with Gasteiger partial charge >= 0.3 is 26.2 Å². The first kappa shape index (κ1) is 21.5. The van der Waals surface area contributed by atoms with E-state index in [0.717, 1.165) is 4.47 Å². The van der Waals surface area contributed by atoms with Crippen LogP contribution in [0.4, 0.5) is 0 Å². The second-order valence-electron chi connectivity index (χ2n) is 4.21. The third-order valence-corrected chi connectivity index (χ3v) is 4.80. The van der Waals surface area contributed by atoms with Gasteiger partial charge in [-0.25, -0.2) is 0 Å². The van der Waals surface area contributed by atoms with E-state index in [1.165, 1.54) is 30.9 Å². The molecule has 106 valence electrons. The molecule has 0 bridgehead atoms. The summed E-state index contributed by atoms with van der Waals surface area (Å²) in [7, 11) is 0. The molecule has 0 aliphatic heterocycles. The normalized spacial score (nSPS) is 9.57. The average molecular weight is 498 g/mol. The van der Waals surface area contributed by atoms with Crippen LogP contribution in [0.25, 0.3) is 30.9 Å². The number of rotatable bonds is 0. The molecule has 0 nitrogen and oxygen atoms in total. The van der Waals surface area contributed by atoms with Crippen LogP contribution in [0.3, 0.4) is 0 Å². The van der Waals surface area contributed by atoms with Crippen LogP contribution in [-0.4, -0.2) is 0 Å². The monoisotopic (exact) mass is 494 g/mol. The fourth-order valence-electron chi connectivity index (χ4n) is 2.47. The third-order valence-electron chi connectivity index (χ3n) is 3.19. The Balaban J connectivity index is 0.000001000. The average Bonchev–Trinajstić information content (AvgIpc) is 2.83. The molecule has 0 radical (unpaired) electrons. The molecule has 0 fully saturated rings. The van der Waals surface area contributed by atoms with Crippen molar-refractivity contribution in [3.05, 3.63) is 53.0 Å². The first-order valence-corrected chi connectivity index (χ1v) is 7.10. The van der Waals surface area contributed by atoms with E-state index in [0.29, 0.717) is 0 Å². The zero-order valence-corrected chi connectivity index (χ0v) is 17.7. The van der Waals surface area contributed by atoms with Gasteiger partial charge in [0.1, 0.15) is 0 Å². The van der Waals surface area contributed by atoms with Gasteiger partial charge in [-0.3, -0.25) is 0 Å². The Kier molecular flexibility index (Phi) is 8.58. The second kappa shape index (κ2) is 8.38. The smallest absolute Gasteiger partial charge is 1.00 e. The molecule has 6 heteroatoms. The molecule has 4 rings (SSSR count). The van der Waals surface area contributed by atoms with Gasteiger partial charge in [0.2, 0.25) is 0 Å². The van der Waals surface area contributed by atoms with Crippen LogP contribution in [0.5, 0.6) is 0 Å². The molecule has 1 aromatic heterocycles. The zero-order valence-electron chi connectivity index (χ0n) is 10.5. The molecule has 4 aromatic rings. The number of fused-ring (bicyclic) bond motifs is 5. The van der Waals surface area contributed by atoms with Crippen LogP contribution in [-0.2, 0) is 26.2 Å². The summed E-state index contributed by atoms with van der Waals surface area (Å²) < 4.78 is 3.91. The summed E-state index contributed by atoms with van der Waals surface area (Å²) in [5.74, 6) is 0. The Morgan fingerprint density at radius 2 is 1.71 bits per heavy atom. The Morgan fingerprint density at radius 1 is 0.952 bits per heavy atom. The molecule has 0 N–H and O–H groups in total. The molecular weight excluding hydrogens is 490 g/mol. The molecule has 0 spiro atoms. The Morgan fingerprint density at radius 3 is 2.48 bits per heavy atom. The van der Waals surface area contributed by atoms with E-state index in [9.17, 15) is 0 Å². The molecular formula is C15H8BrCl3SZr. The SMILES string of the molecule is Brc1ccc2c(c1)cc1sc3ccc[cH-]c3c12.[Cl-].[Cl-].[Cl-].[Zr+4]. The van der Waals surface area contributed by atoms with Crippen LogP contribution in [0.1, 0.15) is 0 Å². The van der Waals surface area contributed by atoms with Crippen LogP contribution in [0.2, 0.25) is 0 Å². The minimum absolute atomic E-state index is 0. The molecule has 0 aliphatic rings. The van der Waals surface area contributed by atoms with Crippen LogP contribution >= 0.6 is 27.3 Å². The molecule has 0 unspecified atom stereocenters. The number of hydrogen-bond acceptors (Lipinski definition) is 1. The maximum Gasteiger partial charge on any atom is 4.00 e. The van der Waals surface area contributed by atoms with Crippen molar-refractivity contribution in [2.24, 2.45) is 0 Å². The van der Waals surface area contributed by atoms with Crippen molar-refractivity contribution in [2.45, 2.75) is 0 Å². The van der Waals surface area contributed by atoms with E-state index in [-0.39, 0.29) is 63.4 Å². The molecule has 1 heterocycles. The van der Waals surface area contributed by atoms with Gasteiger partial charge in [0.15, 0.2) is 0 Å². The van der Waals surface area contributed by atoms with E-state index >= 15 is 0 Å². The van der Waals surface area contributed by atoms with Gasteiger partial charge in [-0.2, -0.15) is 11.3 Å². The molecule has 0 saturated heterocycles. The van der Waals surface area contributed by atoms with Crippen molar-refractivity contribution in [3.63, 3.8) is 0 Å².